The van der Waals surface area contributed by atoms with E-state index in [9.17, 15) is 19.2 Å². The van der Waals surface area contributed by atoms with Crippen molar-refractivity contribution in [3.8, 4) is 0 Å². The second-order valence-corrected chi connectivity index (χ2v) is 17.4. The molecule has 8 nitrogen and oxygen atoms in total. The Labute approximate surface area is 213 Å². The molecule has 0 bridgehead atoms. The number of carbonyl (C=O) groups is 4. The van der Waals surface area contributed by atoms with E-state index in [0.717, 1.165) is 47.2 Å². The third-order valence-electron chi connectivity index (χ3n) is 4.95. The van der Waals surface area contributed by atoms with Crippen LogP contribution < -0.4 is 0 Å². The van der Waals surface area contributed by atoms with Crippen LogP contribution in [0.25, 0.3) is 0 Å². The Morgan fingerprint density at radius 1 is 0.424 bits per heavy atom. The van der Waals surface area contributed by atoms with Crippen LogP contribution in [0.2, 0.25) is 24.2 Å². The SMILES string of the molecule is O=C(O)CCSCC[Si](CCSCCC(=O)O)(CCSCCC(=O)O)CCSCCC(=O)O. The lowest BCUT2D eigenvalue weighted by Gasteiger charge is -2.32. The van der Waals surface area contributed by atoms with E-state index in [1.165, 1.54) is 0 Å². The first-order valence-electron chi connectivity index (χ1n) is 10.8. The molecular formula is C20H36O8S4Si. The van der Waals surface area contributed by atoms with Crippen molar-refractivity contribution in [3.63, 3.8) is 0 Å². The summed E-state index contributed by atoms with van der Waals surface area (Å²) in [5.41, 5.74) is 0. The van der Waals surface area contributed by atoms with Crippen LogP contribution in [-0.2, 0) is 19.2 Å². The molecule has 0 saturated heterocycles. The summed E-state index contributed by atoms with van der Waals surface area (Å²) in [5, 5.41) is 35.4. The normalized spacial score (nSPS) is 11.4. The van der Waals surface area contributed by atoms with Gasteiger partial charge < -0.3 is 20.4 Å². The molecule has 33 heavy (non-hydrogen) atoms. The van der Waals surface area contributed by atoms with Gasteiger partial charge >= 0.3 is 23.9 Å². The maximum atomic E-state index is 10.8. The fourth-order valence-electron chi connectivity index (χ4n) is 2.95. The molecule has 0 atom stereocenters. The quantitative estimate of drug-likeness (QED) is 0.0986. The Bertz CT molecular complexity index is 493. The van der Waals surface area contributed by atoms with Crippen molar-refractivity contribution >= 4 is 79.0 Å². The molecule has 0 radical (unpaired) electrons. The second kappa shape index (κ2) is 20.8. The third kappa shape index (κ3) is 21.7. The van der Waals surface area contributed by atoms with Gasteiger partial charge in [-0.05, 0) is 47.2 Å². The van der Waals surface area contributed by atoms with E-state index in [1.54, 1.807) is 47.0 Å². The Morgan fingerprint density at radius 2 is 0.636 bits per heavy atom. The smallest absolute Gasteiger partial charge is 0.304 e. The minimum Gasteiger partial charge on any atom is -0.481 e. The van der Waals surface area contributed by atoms with Crippen molar-refractivity contribution in [2.45, 2.75) is 49.9 Å². The van der Waals surface area contributed by atoms with Gasteiger partial charge in [0.2, 0.25) is 0 Å². The number of carboxylic acids is 4. The molecule has 0 aromatic carbocycles. The Balaban J connectivity index is 4.94. The first kappa shape index (κ1) is 32.5. The van der Waals surface area contributed by atoms with E-state index in [1.807, 2.05) is 0 Å². The predicted octanol–water partition coefficient (Wildman–Crippen LogP) is 4.27. The van der Waals surface area contributed by atoms with E-state index in [0.29, 0.717) is 23.0 Å². The predicted molar refractivity (Wildman–Crippen MR) is 143 cm³/mol. The zero-order valence-corrected chi connectivity index (χ0v) is 23.1. The highest BCUT2D eigenvalue weighted by molar-refractivity contribution is 8.00. The average molecular weight is 561 g/mol. The maximum absolute atomic E-state index is 10.8. The van der Waals surface area contributed by atoms with E-state index in [4.69, 9.17) is 20.4 Å². The summed E-state index contributed by atoms with van der Waals surface area (Å²) in [7, 11) is -1.78. The molecule has 0 aliphatic heterocycles. The highest BCUT2D eigenvalue weighted by Crippen LogP contribution is 2.32. The van der Waals surface area contributed by atoms with Gasteiger partial charge in [-0.1, -0.05) is 0 Å². The first-order valence-corrected chi connectivity index (χ1v) is 18.3. The molecule has 13 heteroatoms. The van der Waals surface area contributed by atoms with Crippen molar-refractivity contribution in [2.24, 2.45) is 0 Å². The fraction of sp³-hybridized carbons (Fsp3) is 0.800. The summed E-state index contributed by atoms with van der Waals surface area (Å²) in [6.45, 7) is 0. The van der Waals surface area contributed by atoms with E-state index >= 15 is 0 Å². The lowest BCUT2D eigenvalue weighted by atomic mass is 10.5. The molecule has 192 valence electrons. The minimum atomic E-state index is -1.78. The van der Waals surface area contributed by atoms with Crippen molar-refractivity contribution in [3.05, 3.63) is 0 Å². The summed E-state index contributed by atoms with van der Waals surface area (Å²) < 4.78 is 0. The molecule has 0 fully saturated rings. The molecule has 0 unspecified atom stereocenters. The monoisotopic (exact) mass is 560 g/mol. The van der Waals surface area contributed by atoms with Gasteiger partial charge in [0.15, 0.2) is 0 Å². The largest absolute Gasteiger partial charge is 0.481 e. The number of hydrogen-bond acceptors (Lipinski definition) is 8. The zero-order chi connectivity index (χ0) is 25.0. The Hall–Kier alpha value is -0.503. The van der Waals surface area contributed by atoms with Gasteiger partial charge in [-0.2, -0.15) is 47.0 Å². The van der Waals surface area contributed by atoms with Crippen LogP contribution in [0.3, 0.4) is 0 Å². The van der Waals surface area contributed by atoms with Crippen molar-refractivity contribution in [1.82, 2.24) is 0 Å². The van der Waals surface area contributed by atoms with Gasteiger partial charge in [0, 0.05) is 23.0 Å². The molecule has 0 aliphatic carbocycles. The Kier molecular flexibility index (Phi) is 20.5. The maximum Gasteiger partial charge on any atom is 0.304 e. The highest BCUT2D eigenvalue weighted by atomic mass is 32.2. The van der Waals surface area contributed by atoms with Gasteiger partial charge in [0.25, 0.3) is 0 Å². The van der Waals surface area contributed by atoms with Crippen LogP contribution in [-0.4, -0.2) is 98.4 Å². The van der Waals surface area contributed by atoms with Crippen molar-refractivity contribution in [1.29, 1.82) is 0 Å². The van der Waals surface area contributed by atoms with Crippen LogP contribution in [0.1, 0.15) is 25.7 Å². The van der Waals surface area contributed by atoms with Crippen LogP contribution in [0.15, 0.2) is 0 Å². The topological polar surface area (TPSA) is 149 Å². The molecule has 0 heterocycles. The van der Waals surface area contributed by atoms with Gasteiger partial charge in [-0.3, -0.25) is 19.2 Å². The minimum absolute atomic E-state index is 0.139. The average Bonchev–Trinajstić information content (AvgIpc) is 2.71. The number of carboxylic acid groups (broad SMARTS) is 4. The summed E-state index contributed by atoms with van der Waals surface area (Å²) in [4.78, 5) is 43.1. The van der Waals surface area contributed by atoms with Crippen LogP contribution in [0, 0.1) is 0 Å². The fourth-order valence-corrected chi connectivity index (χ4v) is 15.8. The summed E-state index contributed by atoms with van der Waals surface area (Å²) in [6, 6.07) is 4.15. The number of hydrogen-bond donors (Lipinski definition) is 4. The van der Waals surface area contributed by atoms with Crippen LogP contribution >= 0.6 is 47.0 Å². The number of aliphatic carboxylic acids is 4. The molecule has 0 spiro atoms. The van der Waals surface area contributed by atoms with E-state index in [2.05, 4.69) is 0 Å². The molecular weight excluding hydrogens is 525 g/mol. The number of thioether (sulfide) groups is 4. The highest BCUT2D eigenvalue weighted by Gasteiger charge is 2.31. The van der Waals surface area contributed by atoms with Gasteiger partial charge in [0.1, 0.15) is 0 Å². The van der Waals surface area contributed by atoms with Crippen LogP contribution in [0.5, 0.6) is 0 Å². The van der Waals surface area contributed by atoms with Gasteiger partial charge in [-0.15, -0.1) is 0 Å². The van der Waals surface area contributed by atoms with Gasteiger partial charge in [0.05, 0.1) is 33.8 Å². The first-order chi connectivity index (χ1) is 15.7. The van der Waals surface area contributed by atoms with E-state index in [-0.39, 0.29) is 25.7 Å². The third-order valence-corrected chi connectivity index (χ3v) is 15.6. The second-order valence-electron chi connectivity index (χ2n) is 7.52. The van der Waals surface area contributed by atoms with E-state index < -0.39 is 32.0 Å². The zero-order valence-electron chi connectivity index (χ0n) is 18.9. The molecule has 0 aromatic heterocycles. The summed E-state index contributed by atoms with van der Waals surface area (Å²) in [5.74, 6) is 2.66. The molecule has 4 N–H and O–H groups in total. The van der Waals surface area contributed by atoms with Crippen molar-refractivity contribution < 1.29 is 39.6 Å². The molecule has 0 rings (SSSR count). The standard InChI is InChI=1S/C20H36O8S4Si/c21-17(22)1-5-29-9-13-33(14-10-30-6-2-18(23)24,15-11-31-7-3-19(25)26)16-12-32-8-4-20(27)28/h1-16H2,(H,21,22)(H,23,24)(H,25,26)(H,27,28). The van der Waals surface area contributed by atoms with Crippen molar-refractivity contribution in [2.75, 3.05) is 46.0 Å². The molecule has 0 saturated carbocycles. The molecule has 0 aliphatic rings. The van der Waals surface area contributed by atoms with Gasteiger partial charge in [-0.25, -0.2) is 0 Å². The lowest BCUT2D eigenvalue weighted by Crippen LogP contribution is -2.37. The Morgan fingerprint density at radius 3 is 0.818 bits per heavy atom. The summed E-state index contributed by atoms with van der Waals surface area (Å²) >= 11 is 6.61. The lowest BCUT2D eigenvalue weighted by molar-refractivity contribution is -0.137. The summed E-state index contributed by atoms with van der Waals surface area (Å²) in [6.07, 6.45) is 0.557. The molecule has 0 aromatic rings. The molecule has 0 amide bonds. The van der Waals surface area contributed by atoms with Crippen LogP contribution in [0.4, 0.5) is 0 Å². The number of rotatable bonds is 24.